The van der Waals surface area contributed by atoms with E-state index in [9.17, 15) is 19.5 Å². The molecule has 1 N–H and O–H groups in total. The lowest BCUT2D eigenvalue weighted by Gasteiger charge is -2.43. The molecule has 0 radical (unpaired) electrons. The van der Waals surface area contributed by atoms with Crippen LogP contribution in [0, 0.1) is 17.8 Å². The van der Waals surface area contributed by atoms with E-state index in [2.05, 4.69) is 0 Å². The molecule has 1 unspecified atom stereocenters. The van der Waals surface area contributed by atoms with Gasteiger partial charge in [-0.1, -0.05) is 51.5 Å². The van der Waals surface area contributed by atoms with Gasteiger partial charge in [0.1, 0.15) is 11.6 Å². The van der Waals surface area contributed by atoms with Crippen molar-refractivity contribution >= 4 is 17.7 Å². The van der Waals surface area contributed by atoms with Gasteiger partial charge in [0, 0.05) is 25.2 Å². The first-order chi connectivity index (χ1) is 16.5. The molecule has 3 amide bonds. The fraction of sp³-hybridized carbons (Fsp3) is 0.741. The van der Waals surface area contributed by atoms with Gasteiger partial charge in [0.2, 0.25) is 17.7 Å². The number of amides is 3. The summed E-state index contributed by atoms with van der Waals surface area (Å²) in [4.78, 5) is 47.4. The van der Waals surface area contributed by atoms with Crippen LogP contribution in [0.1, 0.15) is 54.4 Å². The van der Waals surface area contributed by atoms with Gasteiger partial charge in [-0.15, -0.1) is 0 Å². The minimum atomic E-state index is -1.25. The Morgan fingerprint density at radius 2 is 1.83 bits per heavy atom. The molecule has 2 saturated heterocycles. The number of nitrogens with zero attached hydrogens (tertiary/aromatic N) is 3. The van der Waals surface area contributed by atoms with Crippen LogP contribution in [-0.4, -0.2) is 93.1 Å². The van der Waals surface area contributed by atoms with E-state index in [1.165, 1.54) is 0 Å². The standard InChI is InChI=1S/C27H41N3O5/c1-7-13-28-14-9-11-19-20(23(28)32)21-24(33)30(18(16-31)17(3)8-2)22-25(34)29(26(4,5)6)15-10-12-27(21,22)35-19/h9-12,17-22,31H,7-8,13-16H2,1-6H3/t17-,18-,19-,20+,21-,22?,27-/m0/s1. The van der Waals surface area contributed by atoms with Gasteiger partial charge in [-0.05, 0) is 33.1 Å². The van der Waals surface area contributed by atoms with Crippen LogP contribution in [0.2, 0.25) is 0 Å². The summed E-state index contributed by atoms with van der Waals surface area (Å²) in [7, 11) is 0. The zero-order chi connectivity index (χ0) is 25.7. The van der Waals surface area contributed by atoms with Gasteiger partial charge in [0.25, 0.3) is 0 Å². The molecule has 0 aliphatic carbocycles. The molecule has 4 aliphatic heterocycles. The number of hydrogen-bond acceptors (Lipinski definition) is 5. The molecule has 0 aromatic heterocycles. The Balaban J connectivity index is 1.88. The molecular formula is C27H41N3O5. The summed E-state index contributed by atoms with van der Waals surface area (Å²) in [5, 5.41) is 10.4. The third kappa shape index (κ3) is 3.93. The van der Waals surface area contributed by atoms with Crippen molar-refractivity contribution in [3.05, 3.63) is 24.3 Å². The second-order valence-corrected chi connectivity index (χ2v) is 11.5. The Labute approximate surface area is 208 Å². The van der Waals surface area contributed by atoms with E-state index in [0.29, 0.717) is 19.6 Å². The van der Waals surface area contributed by atoms with E-state index in [1.807, 2.05) is 65.8 Å². The van der Waals surface area contributed by atoms with E-state index in [1.54, 1.807) is 14.7 Å². The highest BCUT2D eigenvalue weighted by Gasteiger charge is 2.73. The Kier molecular flexibility index (Phi) is 6.92. The summed E-state index contributed by atoms with van der Waals surface area (Å²) in [6.45, 7) is 13.2. The number of aliphatic hydroxyl groups is 1. The van der Waals surface area contributed by atoms with Crippen molar-refractivity contribution in [1.29, 1.82) is 0 Å². The van der Waals surface area contributed by atoms with Crippen molar-refractivity contribution < 1.29 is 24.2 Å². The molecule has 0 aromatic carbocycles. The van der Waals surface area contributed by atoms with Crippen LogP contribution in [0.5, 0.6) is 0 Å². The summed E-state index contributed by atoms with van der Waals surface area (Å²) in [6.07, 6.45) is 8.59. The average molecular weight is 488 g/mol. The van der Waals surface area contributed by atoms with E-state index in [-0.39, 0.29) is 30.2 Å². The molecule has 0 saturated carbocycles. The fourth-order valence-electron chi connectivity index (χ4n) is 6.37. The summed E-state index contributed by atoms with van der Waals surface area (Å²) in [5.74, 6) is -2.10. The molecular weight excluding hydrogens is 446 g/mol. The second kappa shape index (κ2) is 9.36. The normalized spacial score (nSPS) is 34.5. The fourth-order valence-corrected chi connectivity index (χ4v) is 6.37. The molecule has 35 heavy (non-hydrogen) atoms. The lowest BCUT2D eigenvalue weighted by Crippen LogP contribution is -2.61. The Bertz CT molecular complexity index is 924. The molecule has 4 rings (SSSR count). The molecule has 7 atom stereocenters. The Hall–Kier alpha value is -2.19. The predicted octanol–water partition coefficient (Wildman–Crippen LogP) is 1.98. The number of carbonyl (C=O) groups excluding carboxylic acids is 3. The molecule has 0 bridgehead atoms. The highest BCUT2D eigenvalue weighted by Crippen LogP contribution is 2.54. The quantitative estimate of drug-likeness (QED) is 0.579. The third-order valence-corrected chi connectivity index (χ3v) is 8.33. The average Bonchev–Trinajstić information content (AvgIpc) is 3.11. The minimum Gasteiger partial charge on any atom is -0.394 e. The van der Waals surface area contributed by atoms with Gasteiger partial charge >= 0.3 is 0 Å². The van der Waals surface area contributed by atoms with Crippen molar-refractivity contribution in [2.24, 2.45) is 17.8 Å². The lowest BCUT2D eigenvalue weighted by molar-refractivity contribution is -0.155. The first-order valence-corrected chi connectivity index (χ1v) is 13.1. The van der Waals surface area contributed by atoms with Crippen LogP contribution in [0.15, 0.2) is 24.3 Å². The number of fused-ring (bicyclic) bond motifs is 2. The SMILES string of the molecule is CCCN1CC=C[C@@H]2O[C@]34C=CCN(C(C)(C)C)C(=O)C3N([C@@H](CO)[C@@H](C)CC)C(=O)[C@@H]4[C@@H]2C1=O. The molecule has 2 fully saturated rings. The smallest absolute Gasteiger partial charge is 0.249 e. The number of carbonyl (C=O) groups is 3. The molecule has 194 valence electrons. The lowest BCUT2D eigenvalue weighted by atomic mass is 9.77. The Morgan fingerprint density at radius 1 is 1.11 bits per heavy atom. The van der Waals surface area contributed by atoms with Gasteiger partial charge in [0.05, 0.1) is 30.6 Å². The summed E-state index contributed by atoms with van der Waals surface area (Å²) in [5.41, 5.74) is -1.72. The van der Waals surface area contributed by atoms with Crippen LogP contribution in [0.3, 0.4) is 0 Å². The molecule has 8 nitrogen and oxygen atoms in total. The number of hydrogen-bond donors (Lipinski definition) is 1. The van der Waals surface area contributed by atoms with Gasteiger partial charge in [0.15, 0.2) is 0 Å². The van der Waals surface area contributed by atoms with E-state index in [0.717, 1.165) is 12.8 Å². The number of aliphatic hydroxyl groups excluding tert-OH is 1. The first-order valence-electron chi connectivity index (χ1n) is 13.1. The number of ether oxygens (including phenoxy) is 1. The highest BCUT2D eigenvalue weighted by atomic mass is 16.5. The van der Waals surface area contributed by atoms with Gasteiger partial charge in [-0.2, -0.15) is 0 Å². The van der Waals surface area contributed by atoms with Crippen molar-refractivity contribution in [2.75, 3.05) is 26.2 Å². The van der Waals surface area contributed by atoms with Gasteiger partial charge in [-0.25, -0.2) is 0 Å². The van der Waals surface area contributed by atoms with Gasteiger partial charge in [-0.3, -0.25) is 14.4 Å². The van der Waals surface area contributed by atoms with E-state index in [4.69, 9.17) is 4.74 Å². The largest absolute Gasteiger partial charge is 0.394 e. The maximum absolute atomic E-state index is 14.3. The van der Waals surface area contributed by atoms with E-state index >= 15 is 0 Å². The molecule has 1 spiro atoms. The van der Waals surface area contributed by atoms with Crippen LogP contribution in [0.4, 0.5) is 0 Å². The molecule has 0 aromatic rings. The molecule has 8 heteroatoms. The summed E-state index contributed by atoms with van der Waals surface area (Å²) >= 11 is 0. The highest BCUT2D eigenvalue weighted by molar-refractivity contribution is 6.00. The van der Waals surface area contributed by atoms with Crippen molar-refractivity contribution in [3.8, 4) is 0 Å². The van der Waals surface area contributed by atoms with Crippen molar-refractivity contribution in [2.45, 2.75) is 83.7 Å². The maximum atomic E-state index is 14.3. The van der Waals surface area contributed by atoms with Crippen molar-refractivity contribution in [3.63, 3.8) is 0 Å². The molecule has 4 aliphatic rings. The summed E-state index contributed by atoms with van der Waals surface area (Å²) in [6, 6.07) is -1.47. The molecule has 4 heterocycles. The Morgan fingerprint density at radius 3 is 2.43 bits per heavy atom. The van der Waals surface area contributed by atoms with Crippen LogP contribution >= 0.6 is 0 Å². The van der Waals surface area contributed by atoms with Crippen LogP contribution in [-0.2, 0) is 19.1 Å². The third-order valence-electron chi connectivity index (χ3n) is 8.33. The van der Waals surface area contributed by atoms with E-state index < -0.39 is 41.2 Å². The maximum Gasteiger partial charge on any atom is 0.249 e. The monoisotopic (exact) mass is 487 g/mol. The van der Waals surface area contributed by atoms with Crippen LogP contribution < -0.4 is 0 Å². The second-order valence-electron chi connectivity index (χ2n) is 11.5. The summed E-state index contributed by atoms with van der Waals surface area (Å²) < 4.78 is 6.67. The topological polar surface area (TPSA) is 90.4 Å². The first kappa shape index (κ1) is 25.9. The predicted molar refractivity (Wildman–Crippen MR) is 132 cm³/mol. The number of rotatable bonds is 6. The minimum absolute atomic E-state index is 0.0277. The number of likely N-dealkylation sites (tertiary alicyclic amines) is 1. The van der Waals surface area contributed by atoms with Gasteiger partial charge < -0.3 is 24.5 Å². The van der Waals surface area contributed by atoms with Crippen molar-refractivity contribution in [1.82, 2.24) is 14.7 Å². The zero-order valence-electron chi connectivity index (χ0n) is 21.9. The van der Waals surface area contributed by atoms with Crippen LogP contribution in [0.25, 0.3) is 0 Å². The zero-order valence-corrected chi connectivity index (χ0v) is 21.9.